The number of aryl methyl sites for hydroxylation is 1. The molecule has 0 aromatic carbocycles. The zero-order valence-electron chi connectivity index (χ0n) is 12.4. The fraction of sp³-hybridized carbons (Fsp3) is 0.643. The molecule has 1 aromatic rings. The van der Waals surface area contributed by atoms with Crippen LogP contribution < -0.4 is 11.1 Å². The van der Waals surface area contributed by atoms with Gasteiger partial charge in [0.1, 0.15) is 4.99 Å². The number of thiocarbonyl (C=S) groups is 1. The van der Waals surface area contributed by atoms with Gasteiger partial charge in [-0.2, -0.15) is 5.10 Å². The van der Waals surface area contributed by atoms with Crippen molar-refractivity contribution < 1.29 is 0 Å². The van der Waals surface area contributed by atoms with Gasteiger partial charge in [-0.25, -0.2) is 0 Å². The summed E-state index contributed by atoms with van der Waals surface area (Å²) in [5.74, 6) is 1.35. The maximum atomic E-state index is 5.83. The molecule has 20 heavy (non-hydrogen) atoms. The Morgan fingerprint density at radius 3 is 2.85 bits per heavy atom. The van der Waals surface area contributed by atoms with E-state index in [0.29, 0.717) is 16.7 Å². The smallest absolute Gasteiger partial charge is 0.159 e. The number of nitrogens with zero attached hydrogens (tertiary/aromatic N) is 3. The molecule has 1 unspecified atom stereocenters. The molecule has 0 radical (unpaired) electrons. The van der Waals surface area contributed by atoms with Gasteiger partial charge >= 0.3 is 0 Å². The molecule has 0 spiro atoms. The summed E-state index contributed by atoms with van der Waals surface area (Å²) in [6.07, 6.45) is 2.50. The highest BCUT2D eigenvalue weighted by molar-refractivity contribution is 7.80. The maximum absolute atomic E-state index is 5.83. The number of hydrogen-bond donors (Lipinski definition) is 2. The third-order valence-corrected chi connectivity index (χ3v) is 4.19. The van der Waals surface area contributed by atoms with Crippen LogP contribution in [-0.2, 0) is 0 Å². The third kappa shape index (κ3) is 3.43. The Bertz CT molecular complexity index is 503. The molecule has 0 aliphatic carbocycles. The number of nitrogens with two attached hydrogens (primary N) is 1. The van der Waals surface area contributed by atoms with E-state index in [-0.39, 0.29) is 0 Å². The van der Waals surface area contributed by atoms with Crippen LogP contribution in [0, 0.1) is 19.8 Å². The summed E-state index contributed by atoms with van der Waals surface area (Å²) in [4.78, 5) is 2.75. The highest BCUT2D eigenvalue weighted by Gasteiger charge is 2.19. The summed E-state index contributed by atoms with van der Waals surface area (Å²) in [5.41, 5.74) is 8.54. The van der Waals surface area contributed by atoms with Crippen molar-refractivity contribution in [1.29, 1.82) is 0 Å². The molecule has 3 N–H and O–H groups in total. The summed E-state index contributed by atoms with van der Waals surface area (Å²) >= 11 is 5.15. The van der Waals surface area contributed by atoms with E-state index in [1.54, 1.807) is 0 Å². The summed E-state index contributed by atoms with van der Waals surface area (Å²) in [6.45, 7) is 7.10. The molecule has 110 valence electrons. The Labute approximate surface area is 125 Å². The molecule has 2 rings (SSSR count). The van der Waals surface area contributed by atoms with Gasteiger partial charge < -0.3 is 16.0 Å². The van der Waals surface area contributed by atoms with Crippen LogP contribution in [0.25, 0.3) is 0 Å². The van der Waals surface area contributed by atoms with E-state index in [1.165, 1.54) is 19.4 Å². The SMILES string of the molecule is Cc1nnc(NCC2CCCN(C)C2)c(C(N)=S)c1C. The van der Waals surface area contributed by atoms with Crippen molar-refractivity contribution in [2.45, 2.75) is 26.7 Å². The third-order valence-electron chi connectivity index (χ3n) is 3.98. The molecule has 1 aliphatic heterocycles. The van der Waals surface area contributed by atoms with Crippen molar-refractivity contribution in [3.63, 3.8) is 0 Å². The Kier molecular flexibility index (Phi) is 4.88. The summed E-state index contributed by atoms with van der Waals surface area (Å²) < 4.78 is 0. The normalized spacial score (nSPS) is 19.9. The van der Waals surface area contributed by atoms with E-state index in [0.717, 1.165) is 29.9 Å². The lowest BCUT2D eigenvalue weighted by molar-refractivity contribution is 0.217. The first kappa shape index (κ1) is 15.1. The molecule has 1 aliphatic rings. The lowest BCUT2D eigenvalue weighted by Crippen LogP contribution is -2.35. The van der Waals surface area contributed by atoms with E-state index in [9.17, 15) is 0 Å². The van der Waals surface area contributed by atoms with Crippen LogP contribution in [0.3, 0.4) is 0 Å². The highest BCUT2D eigenvalue weighted by atomic mass is 32.1. The zero-order valence-corrected chi connectivity index (χ0v) is 13.3. The van der Waals surface area contributed by atoms with Gasteiger partial charge in [0.2, 0.25) is 0 Å². The quantitative estimate of drug-likeness (QED) is 0.820. The Balaban J connectivity index is 2.09. The van der Waals surface area contributed by atoms with Crippen molar-refractivity contribution in [3.05, 3.63) is 16.8 Å². The van der Waals surface area contributed by atoms with Gasteiger partial charge in [-0.15, -0.1) is 5.10 Å². The van der Waals surface area contributed by atoms with Crippen molar-refractivity contribution >= 4 is 23.0 Å². The molecule has 1 aromatic heterocycles. The Morgan fingerprint density at radius 2 is 2.20 bits per heavy atom. The maximum Gasteiger partial charge on any atom is 0.159 e. The second-order valence-corrected chi connectivity index (χ2v) is 6.09. The number of piperidine rings is 1. The molecular formula is C14H23N5S. The molecule has 0 bridgehead atoms. The second kappa shape index (κ2) is 6.45. The van der Waals surface area contributed by atoms with Crippen LogP contribution in [0.1, 0.15) is 29.7 Å². The molecule has 1 saturated heterocycles. The molecule has 0 amide bonds. The second-order valence-electron chi connectivity index (χ2n) is 5.65. The van der Waals surface area contributed by atoms with Gasteiger partial charge in [0, 0.05) is 13.1 Å². The van der Waals surface area contributed by atoms with Crippen LogP contribution in [0.2, 0.25) is 0 Å². The number of anilines is 1. The minimum absolute atomic E-state index is 0.378. The van der Waals surface area contributed by atoms with E-state index < -0.39 is 0 Å². The first-order chi connectivity index (χ1) is 9.49. The van der Waals surface area contributed by atoms with Gasteiger partial charge in [0.15, 0.2) is 5.82 Å². The van der Waals surface area contributed by atoms with E-state index in [4.69, 9.17) is 18.0 Å². The number of nitrogens with one attached hydrogen (secondary N) is 1. The molecular weight excluding hydrogens is 270 g/mol. The summed E-state index contributed by atoms with van der Waals surface area (Å²) in [7, 11) is 2.17. The lowest BCUT2D eigenvalue weighted by atomic mass is 9.98. The van der Waals surface area contributed by atoms with Crippen molar-refractivity contribution in [2.24, 2.45) is 11.7 Å². The summed E-state index contributed by atoms with van der Waals surface area (Å²) in [6, 6.07) is 0. The van der Waals surface area contributed by atoms with Crippen molar-refractivity contribution in [2.75, 3.05) is 32.0 Å². The number of likely N-dealkylation sites (tertiary alicyclic amines) is 1. The summed E-state index contributed by atoms with van der Waals surface area (Å²) in [5, 5.41) is 11.8. The average Bonchev–Trinajstić information content (AvgIpc) is 2.39. The molecule has 1 atom stereocenters. The van der Waals surface area contributed by atoms with Crippen LogP contribution in [0.4, 0.5) is 5.82 Å². The first-order valence-corrected chi connectivity index (χ1v) is 7.46. The molecule has 5 nitrogen and oxygen atoms in total. The predicted octanol–water partition coefficient (Wildman–Crippen LogP) is 1.48. The Hall–Kier alpha value is -1.27. The van der Waals surface area contributed by atoms with Crippen LogP contribution in [0.5, 0.6) is 0 Å². The van der Waals surface area contributed by atoms with Crippen LogP contribution in [0.15, 0.2) is 0 Å². The molecule has 1 fully saturated rings. The van der Waals surface area contributed by atoms with Gasteiger partial charge in [0.25, 0.3) is 0 Å². The topological polar surface area (TPSA) is 67.1 Å². The minimum Gasteiger partial charge on any atom is -0.389 e. The predicted molar refractivity (Wildman–Crippen MR) is 86.1 cm³/mol. The number of hydrogen-bond acceptors (Lipinski definition) is 5. The minimum atomic E-state index is 0.378. The van der Waals surface area contributed by atoms with Gasteiger partial charge in [0.05, 0.1) is 11.3 Å². The molecule has 0 saturated carbocycles. The van der Waals surface area contributed by atoms with Gasteiger partial charge in [-0.3, -0.25) is 0 Å². The molecule has 6 heteroatoms. The monoisotopic (exact) mass is 293 g/mol. The fourth-order valence-corrected chi connectivity index (χ4v) is 2.96. The van der Waals surface area contributed by atoms with Crippen LogP contribution in [-0.4, -0.2) is 46.8 Å². The fourth-order valence-electron chi connectivity index (χ4n) is 2.71. The average molecular weight is 293 g/mol. The number of rotatable bonds is 4. The van der Waals surface area contributed by atoms with Crippen molar-refractivity contribution in [1.82, 2.24) is 15.1 Å². The van der Waals surface area contributed by atoms with Crippen LogP contribution >= 0.6 is 12.2 Å². The van der Waals surface area contributed by atoms with E-state index in [1.807, 2.05) is 13.8 Å². The standard InChI is InChI=1S/C14H23N5S/c1-9-10(2)17-18-14(12(9)13(15)20)16-7-11-5-4-6-19(3)8-11/h11H,4-8H2,1-3H3,(H2,15,20)(H,16,18). The first-order valence-electron chi connectivity index (χ1n) is 7.05. The largest absolute Gasteiger partial charge is 0.389 e. The van der Waals surface area contributed by atoms with E-state index in [2.05, 4.69) is 27.5 Å². The zero-order chi connectivity index (χ0) is 14.7. The van der Waals surface area contributed by atoms with Gasteiger partial charge in [-0.1, -0.05) is 12.2 Å². The van der Waals surface area contributed by atoms with E-state index >= 15 is 0 Å². The lowest BCUT2D eigenvalue weighted by Gasteiger charge is -2.30. The van der Waals surface area contributed by atoms with Gasteiger partial charge in [-0.05, 0) is 51.8 Å². The highest BCUT2D eigenvalue weighted by Crippen LogP contribution is 2.20. The molecule has 2 heterocycles. The number of aromatic nitrogens is 2. The van der Waals surface area contributed by atoms with Crippen molar-refractivity contribution in [3.8, 4) is 0 Å². The Morgan fingerprint density at radius 1 is 1.45 bits per heavy atom.